The number of hydrogen-bond acceptors (Lipinski definition) is 5. The minimum absolute atomic E-state index is 0.676. The largest absolute Gasteiger partial charge is 0.352 e. The van der Waals surface area contributed by atoms with Crippen LogP contribution in [0.2, 0.25) is 0 Å². The number of aromatic nitrogens is 4. The molecule has 0 spiro atoms. The first-order chi connectivity index (χ1) is 11.7. The van der Waals surface area contributed by atoms with E-state index in [2.05, 4.69) is 30.9 Å². The molecule has 1 aliphatic rings. The number of imidazole rings is 1. The second-order valence-corrected chi connectivity index (χ2v) is 6.07. The summed E-state index contributed by atoms with van der Waals surface area (Å²) in [7, 11) is 1.90. The minimum Gasteiger partial charge on any atom is -0.352 e. The number of para-hydroxylation sites is 2. The van der Waals surface area contributed by atoms with Crippen molar-refractivity contribution in [3.63, 3.8) is 0 Å². The maximum absolute atomic E-state index is 9.40. The normalized spacial score (nSPS) is 15.0. The van der Waals surface area contributed by atoms with Gasteiger partial charge in [-0.3, -0.25) is 4.68 Å². The summed E-state index contributed by atoms with van der Waals surface area (Å²) in [6, 6.07) is 10.4. The summed E-state index contributed by atoms with van der Waals surface area (Å²) in [4.78, 5) is 12.5. The molecule has 3 heterocycles. The first-order valence-corrected chi connectivity index (χ1v) is 8.05. The topological polar surface area (TPSA) is 76.8 Å². The summed E-state index contributed by atoms with van der Waals surface area (Å²) < 4.78 is 1.81. The lowest BCUT2D eigenvalue weighted by atomic mass is 10.2. The van der Waals surface area contributed by atoms with Crippen molar-refractivity contribution in [2.24, 2.45) is 7.05 Å². The van der Waals surface area contributed by atoms with Crippen LogP contribution in [0.4, 0.5) is 11.8 Å². The van der Waals surface area contributed by atoms with Crippen LogP contribution in [0.1, 0.15) is 11.3 Å². The van der Waals surface area contributed by atoms with Gasteiger partial charge < -0.3 is 14.8 Å². The van der Waals surface area contributed by atoms with Crippen molar-refractivity contribution in [3.8, 4) is 6.07 Å². The van der Waals surface area contributed by atoms with Crippen LogP contribution in [-0.2, 0) is 7.05 Å². The van der Waals surface area contributed by atoms with Gasteiger partial charge in [0.15, 0.2) is 0 Å². The number of aromatic amines is 1. The molecule has 7 nitrogen and oxygen atoms in total. The van der Waals surface area contributed by atoms with E-state index in [9.17, 15) is 5.26 Å². The number of benzene rings is 1. The van der Waals surface area contributed by atoms with E-state index in [-0.39, 0.29) is 0 Å². The monoisotopic (exact) mass is 321 g/mol. The highest BCUT2D eigenvalue weighted by molar-refractivity contribution is 5.77. The average Bonchev–Trinajstić information content (AvgIpc) is 3.15. The fourth-order valence-corrected chi connectivity index (χ4v) is 3.36. The number of aryl methyl sites for hydroxylation is 2. The lowest BCUT2D eigenvalue weighted by Gasteiger charge is -2.35. The second kappa shape index (κ2) is 5.57. The molecule has 4 rings (SSSR count). The average molecular weight is 321 g/mol. The second-order valence-electron chi connectivity index (χ2n) is 6.07. The van der Waals surface area contributed by atoms with Crippen molar-refractivity contribution < 1.29 is 0 Å². The molecule has 1 fully saturated rings. The maximum atomic E-state index is 9.40. The van der Waals surface area contributed by atoms with E-state index < -0.39 is 0 Å². The van der Waals surface area contributed by atoms with E-state index in [4.69, 9.17) is 0 Å². The summed E-state index contributed by atoms with van der Waals surface area (Å²) in [6.07, 6.45) is 0. The van der Waals surface area contributed by atoms with Crippen molar-refractivity contribution in [3.05, 3.63) is 35.5 Å². The molecule has 122 valence electrons. The van der Waals surface area contributed by atoms with E-state index >= 15 is 0 Å². The Labute approximate surface area is 140 Å². The van der Waals surface area contributed by atoms with Gasteiger partial charge in [0.05, 0.1) is 16.7 Å². The van der Waals surface area contributed by atoms with E-state index in [0.29, 0.717) is 5.56 Å². The Morgan fingerprint density at radius 3 is 2.54 bits per heavy atom. The molecule has 0 atom stereocenters. The molecule has 1 aliphatic heterocycles. The van der Waals surface area contributed by atoms with Crippen LogP contribution < -0.4 is 9.80 Å². The van der Waals surface area contributed by atoms with Crippen molar-refractivity contribution in [1.82, 2.24) is 19.7 Å². The number of hydrogen-bond donors (Lipinski definition) is 1. The fourth-order valence-electron chi connectivity index (χ4n) is 3.36. The number of nitrogens with one attached hydrogen (secondary N) is 1. The molecule has 0 unspecified atom stereocenters. The zero-order chi connectivity index (χ0) is 16.7. The summed E-state index contributed by atoms with van der Waals surface area (Å²) in [5.41, 5.74) is 3.51. The van der Waals surface area contributed by atoms with Crippen molar-refractivity contribution in [2.45, 2.75) is 6.92 Å². The Bertz CT molecular complexity index is 889. The van der Waals surface area contributed by atoms with Crippen LogP contribution in [0.5, 0.6) is 0 Å². The molecule has 0 amide bonds. The highest BCUT2D eigenvalue weighted by Gasteiger charge is 2.25. The van der Waals surface area contributed by atoms with Crippen LogP contribution in [0.3, 0.4) is 0 Å². The van der Waals surface area contributed by atoms with Gasteiger partial charge in [-0.1, -0.05) is 12.1 Å². The van der Waals surface area contributed by atoms with Crippen LogP contribution in [0.15, 0.2) is 24.3 Å². The molecule has 2 aromatic heterocycles. The number of fused-ring (bicyclic) bond motifs is 1. The lowest BCUT2D eigenvalue weighted by Crippen LogP contribution is -2.47. The predicted octanol–water partition coefficient (Wildman–Crippen LogP) is 1.80. The number of nitrogens with zero attached hydrogens (tertiary/aromatic N) is 6. The molecule has 0 bridgehead atoms. The standard InChI is InChI=1S/C17H19N7/c1-12-13(11-18)16(22(2)21-12)23-7-9-24(10-8-23)17-19-14-5-3-4-6-15(14)20-17/h3-6H,7-10H2,1-2H3,(H,19,20). The Balaban J connectivity index is 1.54. The van der Waals surface area contributed by atoms with Crippen LogP contribution >= 0.6 is 0 Å². The predicted molar refractivity (Wildman–Crippen MR) is 93.2 cm³/mol. The highest BCUT2D eigenvalue weighted by Crippen LogP contribution is 2.25. The zero-order valence-electron chi connectivity index (χ0n) is 13.8. The Morgan fingerprint density at radius 2 is 1.83 bits per heavy atom. The quantitative estimate of drug-likeness (QED) is 0.779. The molecular formula is C17H19N7. The zero-order valence-corrected chi connectivity index (χ0v) is 13.8. The summed E-state index contributed by atoms with van der Waals surface area (Å²) in [6.45, 7) is 5.27. The smallest absolute Gasteiger partial charge is 0.203 e. The molecule has 7 heteroatoms. The van der Waals surface area contributed by atoms with Crippen molar-refractivity contribution in [1.29, 1.82) is 5.26 Å². The molecular weight excluding hydrogens is 302 g/mol. The van der Waals surface area contributed by atoms with Gasteiger partial charge in [-0.15, -0.1) is 0 Å². The van der Waals surface area contributed by atoms with Gasteiger partial charge in [0, 0.05) is 33.2 Å². The first-order valence-electron chi connectivity index (χ1n) is 8.05. The third-order valence-corrected chi connectivity index (χ3v) is 4.56. The first kappa shape index (κ1) is 14.6. The third-order valence-electron chi connectivity index (χ3n) is 4.56. The van der Waals surface area contributed by atoms with E-state index in [0.717, 1.165) is 54.7 Å². The van der Waals surface area contributed by atoms with Crippen LogP contribution in [0.25, 0.3) is 11.0 Å². The van der Waals surface area contributed by atoms with E-state index in [1.165, 1.54) is 0 Å². The Morgan fingerprint density at radius 1 is 1.12 bits per heavy atom. The number of nitriles is 1. The number of rotatable bonds is 2. The molecule has 0 saturated carbocycles. The van der Waals surface area contributed by atoms with Gasteiger partial charge in [-0.2, -0.15) is 10.4 Å². The van der Waals surface area contributed by atoms with E-state index in [1.807, 2.05) is 42.9 Å². The van der Waals surface area contributed by atoms with Gasteiger partial charge in [0.1, 0.15) is 17.5 Å². The molecule has 3 aromatic rings. The van der Waals surface area contributed by atoms with Crippen LogP contribution in [-0.4, -0.2) is 45.9 Å². The summed E-state index contributed by atoms with van der Waals surface area (Å²) in [5.74, 6) is 1.83. The van der Waals surface area contributed by atoms with Gasteiger partial charge in [0.25, 0.3) is 0 Å². The highest BCUT2D eigenvalue weighted by atomic mass is 15.4. The van der Waals surface area contributed by atoms with Crippen LogP contribution in [0, 0.1) is 18.3 Å². The van der Waals surface area contributed by atoms with Gasteiger partial charge >= 0.3 is 0 Å². The van der Waals surface area contributed by atoms with Crippen molar-refractivity contribution in [2.75, 3.05) is 36.0 Å². The fraction of sp³-hybridized carbons (Fsp3) is 0.353. The van der Waals surface area contributed by atoms with Gasteiger partial charge in [-0.05, 0) is 19.1 Å². The van der Waals surface area contributed by atoms with Crippen molar-refractivity contribution >= 4 is 22.8 Å². The number of piperazine rings is 1. The summed E-state index contributed by atoms with van der Waals surface area (Å²) >= 11 is 0. The maximum Gasteiger partial charge on any atom is 0.203 e. The third kappa shape index (κ3) is 2.27. The van der Waals surface area contributed by atoms with Gasteiger partial charge in [0.2, 0.25) is 5.95 Å². The van der Waals surface area contributed by atoms with E-state index in [1.54, 1.807) is 0 Å². The molecule has 1 aromatic carbocycles. The summed E-state index contributed by atoms with van der Waals surface area (Å²) in [5, 5.41) is 13.8. The molecule has 1 N–H and O–H groups in total. The Hall–Kier alpha value is -3.01. The minimum atomic E-state index is 0.676. The molecule has 0 radical (unpaired) electrons. The number of H-pyrrole nitrogens is 1. The lowest BCUT2D eigenvalue weighted by molar-refractivity contribution is 0.616. The van der Waals surface area contributed by atoms with Gasteiger partial charge in [-0.25, -0.2) is 4.98 Å². The SMILES string of the molecule is Cc1nn(C)c(N2CCN(c3nc4ccccc4[nH]3)CC2)c1C#N. The molecule has 0 aliphatic carbocycles. The molecule has 24 heavy (non-hydrogen) atoms. The molecule has 1 saturated heterocycles. The Kier molecular flexibility index (Phi) is 3.38. The number of anilines is 2.